The summed E-state index contributed by atoms with van der Waals surface area (Å²) < 4.78 is 1.27. The number of halogens is 1. The summed E-state index contributed by atoms with van der Waals surface area (Å²) >= 11 is 5.53. The number of rotatable bonds is 6. The van der Waals surface area contributed by atoms with E-state index in [4.69, 9.17) is 0 Å². The van der Waals surface area contributed by atoms with Crippen molar-refractivity contribution in [3.8, 4) is 0 Å². The summed E-state index contributed by atoms with van der Waals surface area (Å²) in [6, 6.07) is 2.89. The summed E-state index contributed by atoms with van der Waals surface area (Å²) in [7, 11) is 0. The van der Waals surface area contributed by atoms with Crippen molar-refractivity contribution in [2.24, 2.45) is 5.41 Å². The topological polar surface area (TPSA) is 12.0 Å². The molecule has 19 heavy (non-hydrogen) atoms. The van der Waals surface area contributed by atoms with Gasteiger partial charge in [0.05, 0.1) is 3.79 Å². The lowest BCUT2D eigenvalue weighted by Crippen LogP contribution is -2.36. The lowest BCUT2D eigenvalue weighted by atomic mass is 9.73. The summed E-state index contributed by atoms with van der Waals surface area (Å²) in [6.07, 6.45) is 8.09. The second-order valence-corrected chi connectivity index (χ2v) is 8.51. The minimum atomic E-state index is 0.487. The van der Waals surface area contributed by atoms with E-state index in [-0.39, 0.29) is 0 Å². The Hall–Kier alpha value is 0.140. The molecule has 1 aliphatic carbocycles. The fourth-order valence-corrected chi connectivity index (χ4v) is 5.36. The van der Waals surface area contributed by atoms with Gasteiger partial charge in [-0.2, -0.15) is 0 Å². The van der Waals surface area contributed by atoms with Gasteiger partial charge in [-0.15, -0.1) is 11.3 Å². The molecular weight excluding hydrogens is 318 g/mol. The number of hydrogen-bond acceptors (Lipinski definition) is 2. The molecule has 1 aromatic heterocycles. The third kappa shape index (κ3) is 3.25. The maximum absolute atomic E-state index is 3.86. The van der Waals surface area contributed by atoms with Crippen molar-refractivity contribution in [2.45, 2.75) is 65.3 Å². The van der Waals surface area contributed by atoms with Crippen LogP contribution in [0.15, 0.2) is 9.85 Å². The van der Waals surface area contributed by atoms with E-state index in [0.29, 0.717) is 11.5 Å². The van der Waals surface area contributed by atoms with Gasteiger partial charge in [0.15, 0.2) is 0 Å². The van der Waals surface area contributed by atoms with Crippen molar-refractivity contribution in [1.29, 1.82) is 0 Å². The van der Waals surface area contributed by atoms with Crippen LogP contribution in [0.2, 0.25) is 0 Å². The molecule has 1 aliphatic rings. The minimum Gasteiger partial charge on any atom is -0.309 e. The third-order valence-electron chi connectivity index (χ3n) is 4.75. The Morgan fingerprint density at radius 1 is 1.37 bits per heavy atom. The molecule has 1 N–H and O–H groups in total. The van der Waals surface area contributed by atoms with Crippen LogP contribution in [0, 0.1) is 12.3 Å². The number of hydrogen-bond donors (Lipinski definition) is 1. The van der Waals surface area contributed by atoms with Crippen molar-refractivity contribution < 1.29 is 0 Å². The van der Waals surface area contributed by atoms with Gasteiger partial charge in [0, 0.05) is 10.9 Å². The summed E-state index contributed by atoms with van der Waals surface area (Å²) in [5.41, 5.74) is 2.02. The molecule has 1 unspecified atom stereocenters. The number of thiophene rings is 1. The zero-order chi connectivity index (χ0) is 13.9. The third-order valence-corrected chi connectivity index (χ3v) is 6.32. The van der Waals surface area contributed by atoms with E-state index in [1.807, 2.05) is 11.3 Å². The van der Waals surface area contributed by atoms with Gasteiger partial charge in [0.1, 0.15) is 0 Å². The lowest BCUT2D eigenvalue weighted by Gasteiger charge is -2.38. The molecule has 1 aromatic rings. The number of nitrogens with one attached hydrogen (secondary N) is 1. The highest BCUT2D eigenvalue weighted by atomic mass is 79.9. The van der Waals surface area contributed by atoms with Crippen LogP contribution in [0.4, 0.5) is 0 Å². The van der Waals surface area contributed by atoms with Crippen LogP contribution < -0.4 is 5.32 Å². The Labute approximate surface area is 130 Å². The van der Waals surface area contributed by atoms with E-state index in [0.717, 1.165) is 6.54 Å². The van der Waals surface area contributed by atoms with Gasteiger partial charge in [-0.1, -0.05) is 26.7 Å². The summed E-state index contributed by atoms with van der Waals surface area (Å²) in [5.74, 6) is 0. The maximum Gasteiger partial charge on any atom is 0.0704 e. The van der Waals surface area contributed by atoms with Gasteiger partial charge in [0.25, 0.3) is 0 Å². The Morgan fingerprint density at radius 2 is 2.05 bits per heavy atom. The first-order chi connectivity index (χ1) is 9.13. The maximum atomic E-state index is 3.86. The highest BCUT2D eigenvalue weighted by Gasteiger charge is 2.41. The largest absolute Gasteiger partial charge is 0.309 e. The molecule has 0 amide bonds. The fraction of sp³-hybridized carbons (Fsp3) is 0.750. The molecule has 108 valence electrons. The summed E-state index contributed by atoms with van der Waals surface area (Å²) in [5, 5.41) is 3.86. The number of aryl methyl sites for hydroxylation is 1. The molecule has 1 heterocycles. The van der Waals surface area contributed by atoms with Gasteiger partial charge in [0.2, 0.25) is 0 Å². The van der Waals surface area contributed by atoms with Crippen LogP contribution in [0.3, 0.4) is 0 Å². The van der Waals surface area contributed by atoms with Crippen molar-refractivity contribution in [1.82, 2.24) is 5.32 Å². The second-order valence-electron chi connectivity index (χ2n) is 5.87. The SMILES string of the molecule is CCCNC(c1cc(Br)sc1C)C1(CC)CCCC1. The predicted octanol–water partition coefficient (Wildman–Crippen LogP) is 5.83. The first kappa shape index (κ1) is 15.5. The van der Waals surface area contributed by atoms with Crippen molar-refractivity contribution >= 4 is 27.3 Å². The first-order valence-electron chi connectivity index (χ1n) is 7.62. The van der Waals surface area contributed by atoms with Crippen LogP contribution in [-0.4, -0.2) is 6.54 Å². The Balaban J connectivity index is 2.32. The minimum absolute atomic E-state index is 0.487. The molecule has 1 nitrogen and oxygen atoms in total. The molecule has 1 fully saturated rings. The van der Waals surface area contributed by atoms with Gasteiger partial charge < -0.3 is 5.32 Å². The molecule has 2 rings (SSSR count). The normalized spacial score (nSPS) is 19.8. The average Bonchev–Trinajstić information content (AvgIpc) is 2.98. The molecule has 0 aromatic carbocycles. The lowest BCUT2D eigenvalue weighted by molar-refractivity contribution is 0.187. The molecule has 1 saturated carbocycles. The molecule has 3 heteroatoms. The molecule has 0 aliphatic heterocycles. The molecule has 0 bridgehead atoms. The Morgan fingerprint density at radius 3 is 2.53 bits per heavy atom. The highest BCUT2D eigenvalue weighted by Crippen LogP contribution is 2.51. The van der Waals surface area contributed by atoms with E-state index in [1.54, 1.807) is 0 Å². The van der Waals surface area contributed by atoms with E-state index < -0.39 is 0 Å². The second kappa shape index (κ2) is 6.73. The summed E-state index contributed by atoms with van der Waals surface area (Å²) in [4.78, 5) is 1.47. The summed E-state index contributed by atoms with van der Waals surface area (Å²) in [6.45, 7) is 8.03. The van der Waals surface area contributed by atoms with Crippen LogP contribution in [-0.2, 0) is 0 Å². The first-order valence-corrected chi connectivity index (χ1v) is 9.23. The van der Waals surface area contributed by atoms with E-state index in [9.17, 15) is 0 Å². The predicted molar refractivity (Wildman–Crippen MR) is 89.0 cm³/mol. The van der Waals surface area contributed by atoms with Crippen LogP contribution in [0.25, 0.3) is 0 Å². The van der Waals surface area contributed by atoms with E-state index >= 15 is 0 Å². The van der Waals surface area contributed by atoms with Crippen molar-refractivity contribution in [2.75, 3.05) is 6.54 Å². The van der Waals surface area contributed by atoms with Crippen LogP contribution in [0.1, 0.15) is 68.9 Å². The van der Waals surface area contributed by atoms with E-state index in [2.05, 4.69) is 48.1 Å². The Kier molecular flexibility index (Phi) is 5.50. The fourth-order valence-electron chi connectivity index (χ4n) is 3.62. The smallest absolute Gasteiger partial charge is 0.0704 e. The van der Waals surface area contributed by atoms with Gasteiger partial charge in [-0.3, -0.25) is 0 Å². The Bertz CT molecular complexity index is 407. The van der Waals surface area contributed by atoms with Gasteiger partial charge in [-0.25, -0.2) is 0 Å². The van der Waals surface area contributed by atoms with Gasteiger partial charge in [-0.05, 0) is 72.1 Å². The average molecular weight is 344 g/mol. The van der Waals surface area contributed by atoms with Gasteiger partial charge >= 0.3 is 0 Å². The molecule has 0 spiro atoms. The molecule has 0 saturated heterocycles. The van der Waals surface area contributed by atoms with Crippen LogP contribution >= 0.6 is 27.3 Å². The standard InChI is InChI=1S/C16H26BrNS/c1-4-10-18-15(13-11-14(17)19-12(13)3)16(5-2)8-6-7-9-16/h11,15,18H,4-10H2,1-3H3. The molecule has 1 atom stereocenters. The highest BCUT2D eigenvalue weighted by molar-refractivity contribution is 9.11. The quantitative estimate of drug-likeness (QED) is 0.684. The van der Waals surface area contributed by atoms with Crippen molar-refractivity contribution in [3.63, 3.8) is 0 Å². The molecule has 0 radical (unpaired) electrons. The zero-order valence-electron chi connectivity index (χ0n) is 12.4. The monoisotopic (exact) mass is 343 g/mol. The molecular formula is C16H26BrNS. The van der Waals surface area contributed by atoms with E-state index in [1.165, 1.54) is 52.8 Å². The van der Waals surface area contributed by atoms with Crippen molar-refractivity contribution in [3.05, 3.63) is 20.3 Å². The van der Waals surface area contributed by atoms with Crippen LogP contribution in [0.5, 0.6) is 0 Å². The zero-order valence-corrected chi connectivity index (χ0v) is 14.8.